The summed E-state index contributed by atoms with van der Waals surface area (Å²) in [5.41, 5.74) is 0. The fourth-order valence-corrected chi connectivity index (χ4v) is 2.08. The lowest BCUT2D eigenvalue weighted by Gasteiger charge is -2.00. The Labute approximate surface area is 130 Å². The molecule has 3 N–H and O–H groups in total. The number of rotatable bonds is 10. The first-order valence-electron chi connectivity index (χ1n) is 7.82. The SMILES string of the molecule is CCCCCCCCCCCCCl.N.c1ccncc1. The molecule has 1 aromatic heterocycles. The van der Waals surface area contributed by atoms with Crippen molar-refractivity contribution in [1.29, 1.82) is 0 Å². The van der Waals surface area contributed by atoms with Gasteiger partial charge in [0.1, 0.15) is 0 Å². The van der Waals surface area contributed by atoms with Crippen LogP contribution in [0.1, 0.15) is 71.1 Å². The van der Waals surface area contributed by atoms with Crippen LogP contribution in [0.4, 0.5) is 0 Å². The van der Waals surface area contributed by atoms with Crippen molar-refractivity contribution < 1.29 is 0 Å². The normalized spacial score (nSPS) is 9.30. The van der Waals surface area contributed by atoms with Gasteiger partial charge in [-0.25, -0.2) is 0 Å². The van der Waals surface area contributed by atoms with E-state index in [1.54, 1.807) is 12.4 Å². The van der Waals surface area contributed by atoms with E-state index >= 15 is 0 Å². The maximum Gasteiger partial charge on any atom is 0.0267 e. The summed E-state index contributed by atoms with van der Waals surface area (Å²) in [5, 5.41) is 0. The maximum absolute atomic E-state index is 5.60. The summed E-state index contributed by atoms with van der Waals surface area (Å²) in [6.07, 6.45) is 17.4. The summed E-state index contributed by atoms with van der Waals surface area (Å²) < 4.78 is 0. The molecule has 0 aliphatic carbocycles. The van der Waals surface area contributed by atoms with Crippen LogP contribution >= 0.6 is 11.6 Å². The van der Waals surface area contributed by atoms with Crippen molar-refractivity contribution in [3.05, 3.63) is 30.6 Å². The molecule has 3 heteroatoms. The highest BCUT2D eigenvalue weighted by Gasteiger charge is 1.91. The van der Waals surface area contributed by atoms with E-state index in [1.165, 1.54) is 64.2 Å². The minimum absolute atomic E-state index is 0. The van der Waals surface area contributed by atoms with E-state index in [0.29, 0.717) is 0 Å². The zero-order valence-electron chi connectivity index (χ0n) is 13.2. The predicted octanol–water partition coefficient (Wildman–Crippen LogP) is 6.39. The minimum Gasteiger partial charge on any atom is -0.344 e. The first-order chi connectivity index (χ1) is 9.41. The molecule has 20 heavy (non-hydrogen) atoms. The molecular weight excluding hydrogens is 268 g/mol. The largest absolute Gasteiger partial charge is 0.344 e. The molecule has 0 radical (unpaired) electrons. The molecule has 1 aromatic rings. The summed E-state index contributed by atoms with van der Waals surface area (Å²) in [7, 11) is 0. The Balaban J connectivity index is 0. The first-order valence-corrected chi connectivity index (χ1v) is 8.36. The third-order valence-electron chi connectivity index (χ3n) is 3.05. The molecule has 0 saturated heterocycles. The Morgan fingerprint density at radius 1 is 0.700 bits per heavy atom. The fraction of sp³-hybridized carbons (Fsp3) is 0.706. The molecule has 1 heterocycles. The third-order valence-corrected chi connectivity index (χ3v) is 3.32. The Kier molecular flexibility index (Phi) is 22.5. The maximum atomic E-state index is 5.60. The number of aromatic nitrogens is 1. The van der Waals surface area contributed by atoms with Gasteiger partial charge in [-0.15, -0.1) is 11.6 Å². The smallest absolute Gasteiger partial charge is 0.0267 e. The Bertz CT molecular complexity index is 205. The van der Waals surface area contributed by atoms with Crippen LogP contribution in [0, 0.1) is 0 Å². The molecule has 2 nitrogen and oxygen atoms in total. The van der Waals surface area contributed by atoms with Gasteiger partial charge < -0.3 is 6.15 Å². The predicted molar refractivity (Wildman–Crippen MR) is 91.8 cm³/mol. The lowest BCUT2D eigenvalue weighted by Crippen LogP contribution is -1.81. The molecular formula is C17H33ClN2. The van der Waals surface area contributed by atoms with Gasteiger partial charge >= 0.3 is 0 Å². The van der Waals surface area contributed by atoms with Crippen LogP contribution in [0.15, 0.2) is 30.6 Å². The van der Waals surface area contributed by atoms with Crippen molar-refractivity contribution in [2.45, 2.75) is 71.1 Å². The number of halogens is 1. The van der Waals surface area contributed by atoms with Gasteiger partial charge in [0.25, 0.3) is 0 Å². The van der Waals surface area contributed by atoms with E-state index < -0.39 is 0 Å². The molecule has 0 atom stereocenters. The first kappa shape index (κ1) is 21.7. The molecule has 0 bridgehead atoms. The van der Waals surface area contributed by atoms with Crippen molar-refractivity contribution in [2.75, 3.05) is 5.88 Å². The second kappa shape index (κ2) is 20.7. The number of pyridine rings is 1. The molecule has 0 aromatic carbocycles. The van der Waals surface area contributed by atoms with Gasteiger partial charge in [-0.05, 0) is 18.6 Å². The van der Waals surface area contributed by atoms with Crippen LogP contribution < -0.4 is 6.15 Å². The molecule has 0 amide bonds. The molecule has 0 unspecified atom stereocenters. The second-order valence-electron chi connectivity index (χ2n) is 4.90. The highest BCUT2D eigenvalue weighted by atomic mass is 35.5. The van der Waals surface area contributed by atoms with E-state index in [4.69, 9.17) is 11.6 Å². The summed E-state index contributed by atoms with van der Waals surface area (Å²) in [4.78, 5) is 3.78. The molecule has 0 aliphatic heterocycles. The number of unbranched alkanes of at least 4 members (excludes halogenated alkanes) is 9. The third kappa shape index (κ3) is 19.7. The van der Waals surface area contributed by atoms with Gasteiger partial charge in [0.05, 0.1) is 0 Å². The topological polar surface area (TPSA) is 47.9 Å². The quantitative estimate of drug-likeness (QED) is 0.402. The molecule has 1 rings (SSSR count). The van der Waals surface area contributed by atoms with Crippen molar-refractivity contribution in [3.8, 4) is 0 Å². The van der Waals surface area contributed by atoms with E-state index in [9.17, 15) is 0 Å². The lowest BCUT2D eigenvalue weighted by molar-refractivity contribution is 0.563. The van der Waals surface area contributed by atoms with Crippen molar-refractivity contribution in [1.82, 2.24) is 11.1 Å². The van der Waals surface area contributed by atoms with Gasteiger partial charge in [0.15, 0.2) is 0 Å². The Morgan fingerprint density at radius 3 is 1.45 bits per heavy atom. The summed E-state index contributed by atoms with van der Waals surface area (Å²) >= 11 is 5.60. The van der Waals surface area contributed by atoms with Crippen molar-refractivity contribution in [2.24, 2.45) is 0 Å². The second-order valence-corrected chi connectivity index (χ2v) is 5.27. The average Bonchev–Trinajstić information content (AvgIpc) is 2.48. The number of hydrogen-bond donors (Lipinski definition) is 1. The standard InChI is InChI=1S/C12H25Cl.C5H5N.H3N/c1-2-3-4-5-6-7-8-9-10-11-12-13;1-2-4-6-5-3-1;/h2-12H2,1H3;1-5H;1H3. The van der Waals surface area contributed by atoms with Crippen LogP contribution in [0.2, 0.25) is 0 Å². The van der Waals surface area contributed by atoms with Crippen molar-refractivity contribution in [3.63, 3.8) is 0 Å². The van der Waals surface area contributed by atoms with E-state index in [0.717, 1.165) is 5.88 Å². The number of alkyl halides is 1. The highest BCUT2D eigenvalue weighted by molar-refractivity contribution is 6.17. The monoisotopic (exact) mass is 300 g/mol. The molecule has 0 fully saturated rings. The highest BCUT2D eigenvalue weighted by Crippen LogP contribution is 2.10. The molecule has 0 aliphatic rings. The average molecular weight is 301 g/mol. The van der Waals surface area contributed by atoms with Crippen LogP contribution in [-0.4, -0.2) is 10.9 Å². The van der Waals surface area contributed by atoms with Crippen LogP contribution in [0.5, 0.6) is 0 Å². The molecule has 118 valence electrons. The molecule has 0 spiro atoms. The van der Waals surface area contributed by atoms with Gasteiger partial charge in [0, 0.05) is 18.3 Å². The zero-order valence-corrected chi connectivity index (χ0v) is 14.0. The number of nitrogens with zero attached hydrogens (tertiary/aromatic N) is 1. The lowest BCUT2D eigenvalue weighted by atomic mass is 10.1. The summed E-state index contributed by atoms with van der Waals surface area (Å²) in [5.74, 6) is 0.844. The minimum atomic E-state index is 0. The van der Waals surface area contributed by atoms with E-state index in [-0.39, 0.29) is 6.15 Å². The summed E-state index contributed by atoms with van der Waals surface area (Å²) in [6, 6.07) is 5.72. The van der Waals surface area contributed by atoms with Crippen LogP contribution in [0.3, 0.4) is 0 Å². The Morgan fingerprint density at radius 2 is 1.15 bits per heavy atom. The van der Waals surface area contributed by atoms with Crippen LogP contribution in [0.25, 0.3) is 0 Å². The van der Waals surface area contributed by atoms with Gasteiger partial charge in [0.2, 0.25) is 0 Å². The Hall–Kier alpha value is -0.600. The van der Waals surface area contributed by atoms with E-state index in [1.807, 2.05) is 18.2 Å². The van der Waals surface area contributed by atoms with Crippen LogP contribution in [-0.2, 0) is 0 Å². The van der Waals surface area contributed by atoms with Gasteiger partial charge in [-0.1, -0.05) is 70.8 Å². The molecule has 0 saturated carbocycles. The van der Waals surface area contributed by atoms with Crippen molar-refractivity contribution >= 4 is 11.6 Å². The fourth-order valence-electron chi connectivity index (χ4n) is 1.89. The van der Waals surface area contributed by atoms with Gasteiger partial charge in [-0.2, -0.15) is 0 Å². The van der Waals surface area contributed by atoms with E-state index in [2.05, 4.69) is 11.9 Å². The summed E-state index contributed by atoms with van der Waals surface area (Å²) in [6.45, 7) is 2.27. The number of hydrogen-bond acceptors (Lipinski definition) is 2. The zero-order chi connectivity index (χ0) is 14.0. The van der Waals surface area contributed by atoms with Gasteiger partial charge in [-0.3, -0.25) is 4.98 Å².